The van der Waals surface area contributed by atoms with Gasteiger partial charge in [-0.1, -0.05) is 13.8 Å². The second kappa shape index (κ2) is 9.11. The number of nitrogens with zero attached hydrogens (tertiary/aromatic N) is 1. The number of nitrogens with one attached hydrogen (secondary N) is 1. The average molecular weight is 443 g/mol. The highest BCUT2D eigenvalue weighted by Gasteiger charge is 2.34. The number of carbonyl (C=O) groups is 1. The fourth-order valence-corrected chi connectivity index (χ4v) is 4.58. The Labute approximate surface area is 190 Å². The van der Waals surface area contributed by atoms with Gasteiger partial charge in [-0.15, -0.1) is 0 Å². The lowest BCUT2D eigenvalue weighted by Crippen LogP contribution is -2.40. The Morgan fingerprint density at radius 2 is 1.94 bits per heavy atom. The second-order valence-electron chi connectivity index (χ2n) is 10.7. The molecule has 5 nitrogen and oxygen atoms in total. The average Bonchev–Trinajstić information content (AvgIpc) is 2.67. The highest BCUT2D eigenvalue weighted by molar-refractivity contribution is 6.00. The van der Waals surface area contributed by atoms with Crippen LogP contribution >= 0.6 is 0 Å². The summed E-state index contributed by atoms with van der Waals surface area (Å²) in [5.41, 5.74) is 3.03. The van der Waals surface area contributed by atoms with Crippen molar-refractivity contribution in [2.75, 3.05) is 11.4 Å². The van der Waals surface area contributed by atoms with Crippen LogP contribution in [0.2, 0.25) is 0 Å². The molecule has 0 radical (unpaired) electrons. The molecular weight excluding hydrogens is 407 g/mol. The van der Waals surface area contributed by atoms with Crippen LogP contribution in [0.4, 0.5) is 14.9 Å². The van der Waals surface area contributed by atoms with E-state index in [-0.39, 0.29) is 12.4 Å². The van der Waals surface area contributed by atoms with Crippen LogP contribution in [0.5, 0.6) is 0 Å². The molecule has 0 unspecified atom stereocenters. The van der Waals surface area contributed by atoms with Gasteiger partial charge in [0.25, 0.3) is 0 Å². The zero-order valence-electron chi connectivity index (χ0n) is 20.1. The van der Waals surface area contributed by atoms with Crippen molar-refractivity contribution in [1.82, 2.24) is 5.32 Å². The minimum absolute atomic E-state index is 0.257. The van der Waals surface area contributed by atoms with Crippen LogP contribution in [0.1, 0.15) is 78.4 Å². The van der Waals surface area contributed by atoms with Gasteiger partial charge in [0.05, 0.1) is 11.3 Å². The zero-order chi connectivity index (χ0) is 23.7. The Bertz CT molecular complexity index is 958. The molecule has 0 bridgehead atoms. The molecule has 1 N–H and O–H groups in total. The Hall–Kier alpha value is -2.59. The number of fused-ring (bicyclic) bond motifs is 1. The van der Waals surface area contributed by atoms with Gasteiger partial charge in [0.1, 0.15) is 17.4 Å². The number of anilines is 1. The maximum absolute atomic E-state index is 14.9. The van der Waals surface area contributed by atoms with Crippen LogP contribution in [0.25, 0.3) is 5.57 Å². The largest absolute Gasteiger partial charge is 0.444 e. The first-order chi connectivity index (χ1) is 14.9. The Kier molecular flexibility index (Phi) is 6.85. The summed E-state index contributed by atoms with van der Waals surface area (Å²) < 4.78 is 20.2. The van der Waals surface area contributed by atoms with Crippen LogP contribution in [0.15, 0.2) is 23.9 Å². The first-order valence-corrected chi connectivity index (χ1v) is 11.4. The number of allylic oxidation sites excluding steroid dienone is 3. The SMILES string of the molecule is CC1=CC(=C=O)c2cc(F)c(CCNC(=O)OC(C)(C)C)cc2N1C1CCC(C)(C)CC1. The molecule has 1 aliphatic carbocycles. The van der Waals surface area contributed by atoms with E-state index in [1.54, 1.807) is 26.8 Å². The summed E-state index contributed by atoms with van der Waals surface area (Å²) in [6.45, 7) is 12.2. The molecule has 32 heavy (non-hydrogen) atoms. The highest BCUT2D eigenvalue weighted by Crippen LogP contribution is 2.43. The summed E-state index contributed by atoms with van der Waals surface area (Å²) in [6, 6.07) is 3.57. The van der Waals surface area contributed by atoms with E-state index in [0.717, 1.165) is 37.1 Å². The summed E-state index contributed by atoms with van der Waals surface area (Å²) in [7, 11) is 0. The maximum atomic E-state index is 14.9. The van der Waals surface area contributed by atoms with Gasteiger partial charge in [0, 0.05) is 23.8 Å². The lowest BCUT2D eigenvalue weighted by atomic mass is 9.74. The number of hydrogen-bond acceptors (Lipinski definition) is 4. The Morgan fingerprint density at radius 1 is 1.28 bits per heavy atom. The number of carbonyl (C=O) groups excluding carboxylic acids is 2. The van der Waals surface area contributed by atoms with Crippen molar-refractivity contribution >= 4 is 23.3 Å². The van der Waals surface area contributed by atoms with Crippen molar-refractivity contribution in [2.45, 2.75) is 85.3 Å². The topological polar surface area (TPSA) is 58.6 Å². The van der Waals surface area contributed by atoms with Crippen molar-refractivity contribution in [3.63, 3.8) is 0 Å². The summed E-state index contributed by atoms with van der Waals surface area (Å²) >= 11 is 0. The highest BCUT2D eigenvalue weighted by atomic mass is 19.1. The van der Waals surface area contributed by atoms with Gasteiger partial charge in [-0.3, -0.25) is 0 Å². The molecule has 0 saturated heterocycles. The Balaban J connectivity index is 1.84. The molecule has 0 aromatic heterocycles. The van der Waals surface area contributed by atoms with E-state index in [4.69, 9.17) is 4.74 Å². The minimum Gasteiger partial charge on any atom is -0.444 e. The number of benzene rings is 1. The molecule has 1 aromatic carbocycles. The van der Waals surface area contributed by atoms with Gasteiger partial charge in [-0.2, -0.15) is 0 Å². The molecule has 1 heterocycles. The summed E-state index contributed by atoms with van der Waals surface area (Å²) in [4.78, 5) is 25.8. The van der Waals surface area contributed by atoms with Crippen molar-refractivity contribution in [3.8, 4) is 0 Å². The maximum Gasteiger partial charge on any atom is 0.407 e. The van der Waals surface area contributed by atoms with E-state index in [1.807, 2.05) is 18.9 Å². The number of rotatable bonds is 4. The molecule has 0 atom stereocenters. The zero-order valence-corrected chi connectivity index (χ0v) is 20.1. The first kappa shape index (κ1) is 24.1. The van der Waals surface area contributed by atoms with Gasteiger partial charge in [0.2, 0.25) is 0 Å². The van der Waals surface area contributed by atoms with Gasteiger partial charge in [-0.05, 0) is 89.0 Å². The fourth-order valence-electron chi connectivity index (χ4n) is 4.58. The molecule has 1 fully saturated rings. The molecule has 174 valence electrons. The minimum atomic E-state index is -0.586. The van der Waals surface area contributed by atoms with E-state index in [0.29, 0.717) is 34.6 Å². The van der Waals surface area contributed by atoms with Gasteiger partial charge in [-0.25, -0.2) is 14.0 Å². The molecule has 0 spiro atoms. The molecule has 1 amide bonds. The standard InChI is InChI=1S/C26H35FN2O3/c1-17-13-19(16-30)21-15-22(27)18(9-12-28-24(31)32-25(2,3)4)14-23(21)29(17)20-7-10-26(5,6)11-8-20/h13-15,20H,7-12H2,1-6H3,(H,28,31). The molecule has 1 aliphatic heterocycles. The van der Waals surface area contributed by atoms with Crippen LogP contribution in [-0.4, -0.2) is 30.2 Å². The third kappa shape index (κ3) is 5.60. The lowest BCUT2D eigenvalue weighted by molar-refractivity contribution is 0.0528. The van der Waals surface area contributed by atoms with E-state index < -0.39 is 11.7 Å². The lowest BCUT2D eigenvalue weighted by Gasteiger charge is -2.43. The molecule has 1 aromatic rings. The third-order valence-electron chi connectivity index (χ3n) is 6.29. The summed E-state index contributed by atoms with van der Waals surface area (Å²) in [6.07, 6.45) is 5.95. The molecular formula is C26H35FN2O3. The third-order valence-corrected chi connectivity index (χ3v) is 6.29. The van der Waals surface area contributed by atoms with Gasteiger partial charge in [0.15, 0.2) is 0 Å². The number of ether oxygens (including phenoxy) is 1. The predicted octanol–water partition coefficient (Wildman–Crippen LogP) is 5.80. The quantitative estimate of drug-likeness (QED) is 0.599. The van der Waals surface area contributed by atoms with Crippen molar-refractivity contribution in [3.05, 3.63) is 40.8 Å². The molecule has 1 saturated carbocycles. The van der Waals surface area contributed by atoms with Crippen LogP contribution in [-0.2, 0) is 16.0 Å². The van der Waals surface area contributed by atoms with Crippen LogP contribution in [0, 0.1) is 11.2 Å². The van der Waals surface area contributed by atoms with Gasteiger partial charge < -0.3 is 15.0 Å². The summed E-state index contributed by atoms with van der Waals surface area (Å²) in [5.74, 6) is 1.59. The molecule has 6 heteroatoms. The van der Waals surface area contributed by atoms with E-state index >= 15 is 0 Å². The van der Waals surface area contributed by atoms with Gasteiger partial charge >= 0.3 is 6.09 Å². The van der Waals surface area contributed by atoms with Crippen LogP contribution in [0.3, 0.4) is 0 Å². The molecule has 3 rings (SSSR count). The smallest absolute Gasteiger partial charge is 0.407 e. The number of amides is 1. The van der Waals surface area contributed by atoms with Crippen LogP contribution < -0.4 is 10.2 Å². The normalized spacial score (nSPS) is 18.5. The number of alkyl carbamates (subject to hydrolysis) is 1. The monoisotopic (exact) mass is 442 g/mol. The van der Waals surface area contributed by atoms with E-state index in [9.17, 15) is 14.0 Å². The predicted molar refractivity (Wildman–Crippen MR) is 126 cm³/mol. The number of halogens is 1. The second-order valence-corrected chi connectivity index (χ2v) is 10.7. The van der Waals surface area contributed by atoms with E-state index in [2.05, 4.69) is 24.1 Å². The van der Waals surface area contributed by atoms with Crippen molar-refractivity contribution in [1.29, 1.82) is 0 Å². The Morgan fingerprint density at radius 3 is 2.53 bits per heavy atom. The van der Waals surface area contributed by atoms with Crippen molar-refractivity contribution < 1.29 is 18.7 Å². The fraction of sp³-hybridized carbons (Fsp3) is 0.577. The van der Waals surface area contributed by atoms with Crippen molar-refractivity contribution in [2.24, 2.45) is 5.41 Å². The summed E-state index contributed by atoms with van der Waals surface area (Å²) in [5, 5.41) is 2.69. The molecule has 2 aliphatic rings. The number of hydrogen-bond donors (Lipinski definition) is 1. The van der Waals surface area contributed by atoms with E-state index in [1.165, 1.54) is 6.07 Å². The first-order valence-electron chi connectivity index (χ1n) is 11.4.